The van der Waals surface area contributed by atoms with E-state index < -0.39 is 10.0 Å². The summed E-state index contributed by atoms with van der Waals surface area (Å²) in [5.41, 5.74) is 6.37. The number of benzene rings is 1. The largest absolute Gasteiger partial charge is 0.492 e. The minimum Gasteiger partial charge on any atom is -0.492 e. The first kappa shape index (κ1) is 14.7. The lowest BCUT2D eigenvalue weighted by molar-refractivity contribution is 0.331. The molecular formula is C15H22N2O3S. The van der Waals surface area contributed by atoms with Crippen LogP contribution in [0.4, 0.5) is 5.69 Å². The molecule has 116 valence electrons. The normalized spacial score (nSPS) is 20.2. The summed E-state index contributed by atoms with van der Waals surface area (Å²) in [5.74, 6) is 1.07. The molecule has 0 unspecified atom stereocenters. The second-order valence-electron chi connectivity index (χ2n) is 6.10. The molecule has 0 heterocycles. The average Bonchev–Trinajstić information content (AvgIpc) is 3.31. The fourth-order valence-corrected chi connectivity index (χ4v) is 4.23. The van der Waals surface area contributed by atoms with E-state index in [0.717, 1.165) is 12.8 Å². The lowest BCUT2D eigenvalue weighted by Crippen LogP contribution is -2.31. The van der Waals surface area contributed by atoms with Crippen LogP contribution in [0.2, 0.25) is 0 Å². The molecule has 0 amide bonds. The lowest BCUT2D eigenvalue weighted by Gasteiger charge is -2.17. The third kappa shape index (κ3) is 3.01. The highest BCUT2D eigenvalue weighted by Gasteiger charge is 2.53. The monoisotopic (exact) mass is 310 g/mol. The second kappa shape index (κ2) is 5.18. The molecule has 0 radical (unpaired) electrons. The molecule has 0 spiro atoms. The molecule has 0 atom stereocenters. The van der Waals surface area contributed by atoms with Gasteiger partial charge in [0.2, 0.25) is 10.0 Å². The summed E-state index contributed by atoms with van der Waals surface area (Å²) in [6.45, 7) is 2.77. The van der Waals surface area contributed by atoms with Gasteiger partial charge in [-0.3, -0.25) is 0 Å². The van der Waals surface area contributed by atoms with Crippen LogP contribution >= 0.6 is 0 Å². The highest BCUT2D eigenvalue weighted by molar-refractivity contribution is 7.89. The van der Waals surface area contributed by atoms with Gasteiger partial charge in [-0.1, -0.05) is 0 Å². The van der Waals surface area contributed by atoms with Gasteiger partial charge >= 0.3 is 0 Å². The molecule has 6 heteroatoms. The number of anilines is 1. The Labute approximate surface area is 125 Å². The van der Waals surface area contributed by atoms with Gasteiger partial charge in [-0.25, -0.2) is 13.1 Å². The first-order valence-electron chi connectivity index (χ1n) is 7.49. The summed E-state index contributed by atoms with van der Waals surface area (Å²) >= 11 is 0. The van der Waals surface area contributed by atoms with E-state index in [-0.39, 0.29) is 10.3 Å². The van der Waals surface area contributed by atoms with Gasteiger partial charge < -0.3 is 10.5 Å². The van der Waals surface area contributed by atoms with E-state index in [0.29, 0.717) is 30.5 Å². The second-order valence-corrected chi connectivity index (χ2v) is 7.84. The smallest absolute Gasteiger partial charge is 0.244 e. The molecule has 0 aromatic heterocycles. The van der Waals surface area contributed by atoms with Crippen molar-refractivity contribution in [1.82, 2.24) is 4.72 Å². The first-order valence-corrected chi connectivity index (χ1v) is 8.97. The van der Waals surface area contributed by atoms with Gasteiger partial charge in [0, 0.05) is 12.2 Å². The maximum absolute atomic E-state index is 12.6. The number of hydrogen-bond acceptors (Lipinski definition) is 4. The molecular weight excluding hydrogens is 288 g/mol. The number of ether oxygens (including phenoxy) is 1. The summed E-state index contributed by atoms with van der Waals surface area (Å²) in [6.07, 6.45) is 4.75. The van der Waals surface area contributed by atoms with Gasteiger partial charge in [-0.05, 0) is 62.1 Å². The van der Waals surface area contributed by atoms with Crippen LogP contribution in [0.25, 0.3) is 0 Å². The lowest BCUT2D eigenvalue weighted by atomic mass is 10.0. The van der Waals surface area contributed by atoms with Crippen LogP contribution in [0.3, 0.4) is 0 Å². The average molecular weight is 310 g/mol. The van der Waals surface area contributed by atoms with Crippen molar-refractivity contribution < 1.29 is 13.2 Å². The van der Waals surface area contributed by atoms with Crippen LogP contribution in [0.1, 0.15) is 32.6 Å². The minimum absolute atomic E-state index is 0.135. The summed E-state index contributed by atoms with van der Waals surface area (Å²) in [7, 11) is -3.59. The van der Waals surface area contributed by atoms with Gasteiger partial charge in [-0.2, -0.15) is 0 Å². The van der Waals surface area contributed by atoms with Crippen molar-refractivity contribution in [1.29, 1.82) is 0 Å². The maximum Gasteiger partial charge on any atom is 0.244 e. The minimum atomic E-state index is -3.59. The van der Waals surface area contributed by atoms with Crippen LogP contribution in [0.5, 0.6) is 5.75 Å². The fraction of sp³-hybridized carbons (Fsp3) is 0.600. The number of rotatable bonds is 7. The highest BCUT2D eigenvalue weighted by Crippen LogP contribution is 2.60. The zero-order valence-electron chi connectivity index (χ0n) is 12.3. The molecule has 2 aliphatic carbocycles. The molecule has 0 saturated heterocycles. The Balaban J connectivity index is 1.79. The van der Waals surface area contributed by atoms with Crippen LogP contribution < -0.4 is 15.2 Å². The SMILES string of the molecule is CCOc1ccc(N)cc1S(=O)(=O)NCC1(C2CC2)CC1. The Morgan fingerprint density at radius 1 is 1.38 bits per heavy atom. The van der Waals surface area contributed by atoms with Crippen LogP contribution in [0.15, 0.2) is 23.1 Å². The van der Waals surface area contributed by atoms with Crippen molar-refractivity contribution in [2.75, 3.05) is 18.9 Å². The van der Waals surface area contributed by atoms with E-state index in [1.807, 2.05) is 6.92 Å². The van der Waals surface area contributed by atoms with E-state index in [4.69, 9.17) is 10.5 Å². The van der Waals surface area contributed by atoms with Gasteiger partial charge in [0.1, 0.15) is 10.6 Å². The van der Waals surface area contributed by atoms with Crippen molar-refractivity contribution in [2.24, 2.45) is 11.3 Å². The van der Waals surface area contributed by atoms with E-state index >= 15 is 0 Å². The Kier molecular flexibility index (Phi) is 3.61. The summed E-state index contributed by atoms with van der Waals surface area (Å²) < 4.78 is 33.3. The summed E-state index contributed by atoms with van der Waals surface area (Å²) in [5, 5.41) is 0. The zero-order chi connectivity index (χ0) is 15.1. The topological polar surface area (TPSA) is 81.4 Å². The van der Waals surface area contributed by atoms with E-state index in [1.54, 1.807) is 12.1 Å². The summed E-state index contributed by atoms with van der Waals surface area (Å²) in [4.78, 5) is 0.135. The number of hydrogen-bond donors (Lipinski definition) is 2. The molecule has 3 N–H and O–H groups in total. The number of nitrogens with two attached hydrogens (primary N) is 1. The maximum atomic E-state index is 12.6. The third-order valence-corrected chi connectivity index (χ3v) is 5.93. The standard InChI is InChI=1S/C15H22N2O3S/c1-2-20-13-6-5-12(16)9-14(13)21(18,19)17-10-15(7-8-15)11-3-4-11/h5-6,9,11,17H,2-4,7-8,10,16H2,1H3. The molecule has 2 aliphatic rings. The number of sulfonamides is 1. The molecule has 0 aliphatic heterocycles. The molecule has 1 aromatic rings. The van der Waals surface area contributed by atoms with Crippen molar-refractivity contribution in [3.05, 3.63) is 18.2 Å². The Bertz CT molecular complexity index is 634. The van der Waals surface area contributed by atoms with Crippen molar-refractivity contribution in [3.8, 4) is 5.75 Å². The van der Waals surface area contributed by atoms with Gasteiger partial charge in [0.15, 0.2) is 0 Å². The molecule has 3 rings (SSSR count). The number of nitrogen functional groups attached to an aromatic ring is 1. The van der Waals surface area contributed by atoms with E-state index in [1.165, 1.54) is 18.9 Å². The Morgan fingerprint density at radius 2 is 2.10 bits per heavy atom. The molecule has 21 heavy (non-hydrogen) atoms. The van der Waals surface area contributed by atoms with Crippen molar-refractivity contribution >= 4 is 15.7 Å². The Hall–Kier alpha value is -1.27. The van der Waals surface area contributed by atoms with E-state index in [2.05, 4.69) is 4.72 Å². The summed E-state index contributed by atoms with van der Waals surface area (Å²) in [6, 6.07) is 4.72. The first-order chi connectivity index (χ1) is 9.97. The molecule has 2 saturated carbocycles. The van der Waals surface area contributed by atoms with Crippen molar-refractivity contribution in [3.63, 3.8) is 0 Å². The fourth-order valence-electron chi connectivity index (χ4n) is 2.91. The predicted octanol–water partition coefficient (Wildman–Crippen LogP) is 2.14. The van der Waals surface area contributed by atoms with Crippen molar-refractivity contribution in [2.45, 2.75) is 37.5 Å². The molecule has 1 aromatic carbocycles. The van der Waals surface area contributed by atoms with Gasteiger partial charge in [0.25, 0.3) is 0 Å². The van der Waals surface area contributed by atoms with E-state index in [9.17, 15) is 8.42 Å². The Morgan fingerprint density at radius 3 is 2.67 bits per heavy atom. The molecule has 0 bridgehead atoms. The predicted molar refractivity (Wildman–Crippen MR) is 81.6 cm³/mol. The molecule has 5 nitrogen and oxygen atoms in total. The van der Waals surface area contributed by atoms with Crippen LogP contribution in [0, 0.1) is 11.3 Å². The van der Waals surface area contributed by atoms with Gasteiger partial charge in [-0.15, -0.1) is 0 Å². The zero-order valence-corrected chi connectivity index (χ0v) is 13.1. The van der Waals surface area contributed by atoms with Gasteiger partial charge in [0.05, 0.1) is 6.61 Å². The molecule has 2 fully saturated rings. The highest BCUT2D eigenvalue weighted by atomic mass is 32.2. The van der Waals surface area contributed by atoms with Crippen LogP contribution in [-0.2, 0) is 10.0 Å². The van der Waals surface area contributed by atoms with Crippen LogP contribution in [-0.4, -0.2) is 21.6 Å². The number of nitrogens with one attached hydrogen (secondary N) is 1. The quantitative estimate of drug-likeness (QED) is 0.756. The third-order valence-electron chi connectivity index (χ3n) is 4.51.